The molecule has 0 unspecified atom stereocenters. The van der Waals surface area contributed by atoms with Crippen molar-refractivity contribution >= 4 is 11.9 Å². The van der Waals surface area contributed by atoms with E-state index in [4.69, 9.17) is 4.74 Å². The molecule has 0 fully saturated rings. The third-order valence-corrected chi connectivity index (χ3v) is 2.66. The molecule has 0 saturated carbocycles. The molecule has 0 amide bonds. The largest absolute Gasteiger partial charge is 0.496 e. The van der Waals surface area contributed by atoms with E-state index in [0.29, 0.717) is 11.3 Å². The van der Waals surface area contributed by atoms with E-state index in [1.165, 1.54) is 24.3 Å². The van der Waals surface area contributed by atoms with Crippen molar-refractivity contribution < 1.29 is 13.9 Å². The quantitative estimate of drug-likeness (QED) is 0.615. The Morgan fingerprint density at radius 2 is 1.95 bits per heavy atom. The summed E-state index contributed by atoms with van der Waals surface area (Å²) >= 11 is 0. The van der Waals surface area contributed by atoms with Gasteiger partial charge in [0.15, 0.2) is 5.78 Å². The van der Waals surface area contributed by atoms with Crippen molar-refractivity contribution in [1.82, 2.24) is 0 Å². The van der Waals surface area contributed by atoms with Crippen molar-refractivity contribution in [3.05, 3.63) is 71.6 Å². The number of halogens is 1. The number of hydrogen-bond acceptors (Lipinski definition) is 2. The number of para-hydroxylation sites is 1. The van der Waals surface area contributed by atoms with Crippen LogP contribution in [0.1, 0.15) is 15.9 Å². The number of rotatable bonds is 4. The molecular weight excluding hydrogens is 243 g/mol. The molecule has 0 atom stereocenters. The van der Waals surface area contributed by atoms with E-state index in [9.17, 15) is 9.18 Å². The summed E-state index contributed by atoms with van der Waals surface area (Å²) in [5, 5.41) is 0. The van der Waals surface area contributed by atoms with Crippen LogP contribution in [0.5, 0.6) is 5.75 Å². The van der Waals surface area contributed by atoms with E-state index in [1.54, 1.807) is 19.3 Å². The van der Waals surface area contributed by atoms with Crippen LogP contribution in [0, 0.1) is 5.82 Å². The summed E-state index contributed by atoms with van der Waals surface area (Å²) in [5.41, 5.74) is 1.13. The maximum atomic E-state index is 13.0. The highest BCUT2D eigenvalue weighted by Crippen LogP contribution is 2.19. The molecule has 2 rings (SSSR count). The molecule has 2 aromatic rings. The van der Waals surface area contributed by atoms with Gasteiger partial charge in [-0.1, -0.05) is 30.3 Å². The van der Waals surface area contributed by atoms with Crippen LogP contribution in [0.25, 0.3) is 6.08 Å². The van der Waals surface area contributed by atoms with E-state index >= 15 is 0 Å². The van der Waals surface area contributed by atoms with Crippen molar-refractivity contribution in [3.8, 4) is 5.75 Å². The number of carbonyl (C=O) groups is 1. The highest BCUT2D eigenvalue weighted by Gasteiger charge is 2.03. The molecule has 0 N–H and O–H groups in total. The van der Waals surface area contributed by atoms with Crippen LogP contribution in [0.2, 0.25) is 0 Å². The Kier molecular flexibility index (Phi) is 4.08. The molecule has 0 heterocycles. The average Bonchev–Trinajstić information content (AvgIpc) is 2.45. The van der Waals surface area contributed by atoms with Crippen molar-refractivity contribution in [2.75, 3.05) is 7.11 Å². The summed E-state index contributed by atoms with van der Waals surface area (Å²) in [4.78, 5) is 11.9. The average molecular weight is 256 g/mol. The minimum Gasteiger partial charge on any atom is -0.496 e. The first-order valence-electron chi connectivity index (χ1n) is 5.81. The predicted molar refractivity (Wildman–Crippen MR) is 72.8 cm³/mol. The lowest BCUT2D eigenvalue weighted by molar-refractivity contribution is 0.104. The number of allylic oxidation sites excluding steroid dienone is 1. The molecule has 3 heteroatoms. The first kappa shape index (κ1) is 13.0. The molecule has 2 aromatic carbocycles. The van der Waals surface area contributed by atoms with E-state index in [-0.39, 0.29) is 5.78 Å². The summed E-state index contributed by atoms with van der Waals surface area (Å²) in [7, 11) is 1.57. The van der Waals surface area contributed by atoms with E-state index in [2.05, 4.69) is 0 Å². The number of carbonyl (C=O) groups excluding carboxylic acids is 1. The Morgan fingerprint density at radius 3 is 2.68 bits per heavy atom. The topological polar surface area (TPSA) is 26.3 Å². The summed E-state index contributed by atoms with van der Waals surface area (Å²) in [6.07, 6.45) is 3.07. The molecule has 0 radical (unpaired) electrons. The van der Waals surface area contributed by atoms with Crippen molar-refractivity contribution in [1.29, 1.82) is 0 Å². The third-order valence-electron chi connectivity index (χ3n) is 2.66. The van der Waals surface area contributed by atoms with Gasteiger partial charge < -0.3 is 4.74 Å². The summed E-state index contributed by atoms with van der Waals surface area (Å²) in [6, 6.07) is 13.0. The number of hydrogen-bond donors (Lipinski definition) is 0. The molecule has 0 saturated heterocycles. The third kappa shape index (κ3) is 3.28. The molecule has 0 aliphatic rings. The minimum atomic E-state index is -0.420. The SMILES string of the molecule is COc1ccccc1C=CC(=O)c1cccc(F)c1. The molecule has 96 valence electrons. The van der Waals surface area contributed by atoms with Crippen LogP contribution < -0.4 is 4.74 Å². The summed E-state index contributed by atoms with van der Waals surface area (Å²) < 4.78 is 18.2. The molecule has 0 aliphatic carbocycles. The zero-order valence-corrected chi connectivity index (χ0v) is 10.5. The second-order valence-electron chi connectivity index (χ2n) is 3.95. The zero-order chi connectivity index (χ0) is 13.7. The van der Waals surface area contributed by atoms with Crippen LogP contribution in [-0.4, -0.2) is 12.9 Å². The van der Waals surface area contributed by atoms with Crippen molar-refractivity contribution in [2.24, 2.45) is 0 Å². The molecule has 2 nitrogen and oxygen atoms in total. The number of ketones is 1. The van der Waals surface area contributed by atoms with Gasteiger partial charge in [-0.3, -0.25) is 4.79 Å². The Morgan fingerprint density at radius 1 is 1.16 bits per heavy atom. The Balaban J connectivity index is 2.21. The number of benzene rings is 2. The first-order chi connectivity index (χ1) is 9.20. The lowest BCUT2D eigenvalue weighted by Crippen LogP contribution is -1.94. The van der Waals surface area contributed by atoms with Gasteiger partial charge in [-0.15, -0.1) is 0 Å². The number of ether oxygens (including phenoxy) is 1. The second-order valence-corrected chi connectivity index (χ2v) is 3.95. The van der Waals surface area contributed by atoms with Gasteiger partial charge in [0.2, 0.25) is 0 Å². The zero-order valence-electron chi connectivity index (χ0n) is 10.5. The second kappa shape index (κ2) is 5.96. The minimum absolute atomic E-state index is 0.245. The van der Waals surface area contributed by atoms with Crippen molar-refractivity contribution in [2.45, 2.75) is 0 Å². The van der Waals surface area contributed by atoms with Crippen LogP contribution >= 0.6 is 0 Å². The summed E-state index contributed by atoms with van der Waals surface area (Å²) in [5.74, 6) is 0.0211. The van der Waals surface area contributed by atoms with Gasteiger partial charge in [0, 0.05) is 11.1 Å². The Hall–Kier alpha value is -2.42. The first-order valence-corrected chi connectivity index (χ1v) is 5.81. The Labute approximate surface area is 111 Å². The van der Waals surface area contributed by atoms with Crippen LogP contribution in [-0.2, 0) is 0 Å². The van der Waals surface area contributed by atoms with Crippen LogP contribution in [0.3, 0.4) is 0 Å². The van der Waals surface area contributed by atoms with Crippen LogP contribution in [0.4, 0.5) is 4.39 Å². The number of methoxy groups -OCH3 is 1. The van der Waals surface area contributed by atoms with Gasteiger partial charge in [-0.2, -0.15) is 0 Å². The lowest BCUT2D eigenvalue weighted by atomic mass is 10.1. The fraction of sp³-hybridized carbons (Fsp3) is 0.0625. The van der Waals surface area contributed by atoms with Crippen LogP contribution in [0.15, 0.2) is 54.6 Å². The molecule has 19 heavy (non-hydrogen) atoms. The van der Waals surface area contributed by atoms with E-state index in [1.807, 2.05) is 24.3 Å². The van der Waals surface area contributed by atoms with Gasteiger partial charge in [0.25, 0.3) is 0 Å². The maximum Gasteiger partial charge on any atom is 0.185 e. The van der Waals surface area contributed by atoms with Gasteiger partial charge >= 0.3 is 0 Å². The maximum absolute atomic E-state index is 13.0. The van der Waals surface area contributed by atoms with Crippen molar-refractivity contribution in [3.63, 3.8) is 0 Å². The van der Waals surface area contributed by atoms with Gasteiger partial charge in [0.1, 0.15) is 11.6 Å². The molecule has 0 aliphatic heterocycles. The normalized spacial score (nSPS) is 10.6. The fourth-order valence-electron chi connectivity index (χ4n) is 1.71. The van der Waals surface area contributed by atoms with Gasteiger partial charge in [0.05, 0.1) is 7.11 Å². The highest BCUT2D eigenvalue weighted by molar-refractivity contribution is 6.06. The standard InChI is InChI=1S/C16H13FO2/c1-19-16-8-3-2-5-12(16)9-10-15(18)13-6-4-7-14(17)11-13/h2-11H,1H3. The van der Waals surface area contributed by atoms with E-state index in [0.717, 1.165) is 5.56 Å². The molecule has 0 bridgehead atoms. The Bertz CT molecular complexity index is 618. The summed E-state index contributed by atoms with van der Waals surface area (Å²) in [6.45, 7) is 0. The lowest BCUT2D eigenvalue weighted by Gasteiger charge is -2.03. The monoisotopic (exact) mass is 256 g/mol. The van der Waals surface area contributed by atoms with E-state index < -0.39 is 5.82 Å². The molecular formula is C16H13FO2. The molecule has 0 aromatic heterocycles. The highest BCUT2D eigenvalue weighted by atomic mass is 19.1. The fourth-order valence-corrected chi connectivity index (χ4v) is 1.71. The molecule has 0 spiro atoms. The van der Waals surface area contributed by atoms with Gasteiger partial charge in [-0.25, -0.2) is 4.39 Å². The smallest absolute Gasteiger partial charge is 0.185 e. The predicted octanol–water partition coefficient (Wildman–Crippen LogP) is 3.73. The van der Waals surface area contributed by atoms with Gasteiger partial charge in [-0.05, 0) is 30.4 Å².